The molecule has 0 spiro atoms. The molecule has 1 aliphatic carbocycles. The number of amides is 2. The van der Waals surface area contributed by atoms with Crippen LogP contribution in [0.3, 0.4) is 0 Å². The van der Waals surface area contributed by atoms with E-state index in [0.29, 0.717) is 25.9 Å². The number of halogens is 3. The number of nitrogens with zero attached hydrogens (tertiary/aromatic N) is 3. The molecular weight excluding hydrogens is 653 g/mol. The molecular formula is C41H43F3N4O3. The van der Waals surface area contributed by atoms with E-state index in [0.717, 1.165) is 95.9 Å². The molecule has 0 aromatic heterocycles. The SMILES string of the molecule is COc1cccc(CN2CCc3ccc(N4CCN(CCCCC5(C(=O)NCC(F)(F)F)c6ccccc6-c6ccccc65)CC4)cc3C2=O)c1. The Morgan fingerprint density at radius 3 is 2.22 bits per heavy atom. The molecule has 1 saturated heterocycles. The number of nitrogens with one attached hydrogen (secondary N) is 1. The second-order valence-electron chi connectivity index (χ2n) is 13.7. The molecule has 1 N–H and O–H groups in total. The highest BCUT2D eigenvalue weighted by molar-refractivity contribution is 6.00. The van der Waals surface area contributed by atoms with E-state index in [1.54, 1.807) is 7.11 Å². The van der Waals surface area contributed by atoms with Gasteiger partial charge in [0, 0.05) is 50.5 Å². The number of anilines is 1. The van der Waals surface area contributed by atoms with E-state index < -0.39 is 24.0 Å². The highest BCUT2D eigenvalue weighted by atomic mass is 19.4. The van der Waals surface area contributed by atoms with Crippen molar-refractivity contribution in [3.8, 4) is 16.9 Å². The lowest BCUT2D eigenvalue weighted by Gasteiger charge is -2.37. The van der Waals surface area contributed by atoms with E-state index in [9.17, 15) is 22.8 Å². The highest BCUT2D eigenvalue weighted by Crippen LogP contribution is 2.51. The highest BCUT2D eigenvalue weighted by Gasteiger charge is 2.49. The number of piperazine rings is 1. The number of rotatable bonds is 11. The van der Waals surface area contributed by atoms with Gasteiger partial charge in [-0.25, -0.2) is 0 Å². The van der Waals surface area contributed by atoms with Crippen LogP contribution in [0.1, 0.15) is 51.9 Å². The van der Waals surface area contributed by atoms with Crippen LogP contribution in [0.25, 0.3) is 11.1 Å². The summed E-state index contributed by atoms with van der Waals surface area (Å²) in [5.41, 5.74) is 6.11. The summed E-state index contributed by atoms with van der Waals surface area (Å²) in [6, 6.07) is 29.3. The Hall–Kier alpha value is -4.83. The van der Waals surface area contributed by atoms with Gasteiger partial charge in [0.15, 0.2) is 0 Å². The van der Waals surface area contributed by atoms with Crippen molar-refractivity contribution in [1.82, 2.24) is 15.1 Å². The lowest BCUT2D eigenvalue weighted by molar-refractivity contribution is -0.141. The molecule has 266 valence electrons. The van der Waals surface area contributed by atoms with Crippen molar-refractivity contribution in [3.63, 3.8) is 0 Å². The molecule has 0 unspecified atom stereocenters. The van der Waals surface area contributed by atoms with Crippen molar-refractivity contribution in [2.24, 2.45) is 0 Å². The van der Waals surface area contributed by atoms with E-state index in [4.69, 9.17) is 4.74 Å². The van der Waals surface area contributed by atoms with Gasteiger partial charge in [-0.2, -0.15) is 13.2 Å². The lowest BCUT2D eigenvalue weighted by atomic mass is 9.73. The average Bonchev–Trinajstić information content (AvgIpc) is 3.44. The second kappa shape index (κ2) is 14.4. The number of unbranched alkanes of at least 4 members (excludes halogenated alkanes) is 1. The summed E-state index contributed by atoms with van der Waals surface area (Å²) < 4.78 is 45.0. The minimum absolute atomic E-state index is 0.0527. The van der Waals surface area contributed by atoms with Crippen molar-refractivity contribution in [2.45, 2.75) is 43.8 Å². The number of hydrogen-bond donors (Lipinski definition) is 1. The standard InChI is InChI=1S/C41H43F3N4O3/c1-51-32-10-8-9-29(25-32)27-48-20-17-30-15-16-31(26-35(30)38(48)49)47-23-21-46(22-24-47)19-7-6-18-40(39(50)45-28-41(42,43)44)36-13-4-2-11-33(36)34-12-3-5-14-37(34)40/h2-5,8-16,25-26H,6-7,17-24,27-28H2,1H3,(H,45,50). The van der Waals surface area contributed by atoms with E-state index in [1.165, 1.54) is 0 Å². The minimum atomic E-state index is -4.50. The average molecular weight is 697 g/mol. The fourth-order valence-corrected chi connectivity index (χ4v) is 8.09. The van der Waals surface area contributed by atoms with E-state index in [1.807, 2.05) is 83.8 Å². The molecule has 4 aromatic carbocycles. The number of ether oxygens (including phenoxy) is 1. The maximum Gasteiger partial charge on any atom is 0.405 e. The molecule has 2 amide bonds. The van der Waals surface area contributed by atoms with E-state index >= 15 is 0 Å². The number of alkyl halides is 3. The summed E-state index contributed by atoms with van der Waals surface area (Å²) in [5, 5.41) is 2.23. The number of carbonyl (C=O) groups is 2. The first-order valence-electron chi connectivity index (χ1n) is 17.7. The number of fused-ring (bicyclic) bond motifs is 4. The summed E-state index contributed by atoms with van der Waals surface area (Å²) in [6.07, 6.45) is -1.76. The third-order valence-electron chi connectivity index (χ3n) is 10.7. The zero-order chi connectivity index (χ0) is 35.6. The topological polar surface area (TPSA) is 65.1 Å². The van der Waals surface area contributed by atoms with Gasteiger partial charge in [-0.3, -0.25) is 14.5 Å². The first kappa shape index (κ1) is 34.6. The molecule has 7 rings (SSSR count). The van der Waals surface area contributed by atoms with Crippen LogP contribution in [0.5, 0.6) is 5.75 Å². The van der Waals surface area contributed by atoms with Gasteiger partial charge in [-0.05, 0) is 83.5 Å². The molecule has 4 aromatic rings. The van der Waals surface area contributed by atoms with Crippen molar-refractivity contribution < 1.29 is 27.5 Å². The van der Waals surface area contributed by atoms with E-state index in [-0.39, 0.29) is 5.91 Å². The van der Waals surface area contributed by atoms with Crippen molar-refractivity contribution in [1.29, 1.82) is 0 Å². The van der Waals surface area contributed by atoms with Gasteiger partial charge in [-0.1, -0.05) is 73.2 Å². The zero-order valence-electron chi connectivity index (χ0n) is 28.8. The molecule has 3 aliphatic rings. The normalized spacial score (nSPS) is 16.7. The van der Waals surface area contributed by atoms with Crippen LogP contribution in [-0.2, 0) is 23.2 Å². The fraction of sp³-hybridized carbons (Fsp3) is 0.366. The van der Waals surface area contributed by atoms with Crippen LogP contribution in [-0.4, -0.2) is 80.7 Å². The predicted molar refractivity (Wildman–Crippen MR) is 192 cm³/mol. The summed E-state index contributed by atoms with van der Waals surface area (Å²) in [6.45, 7) is 4.06. The molecule has 0 saturated carbocycles. The summed E-state index contributed by atoms with van der Waals surface area (Å²) in [4.78, 5) is 34.0. The van der Waals surface area contributed by atoms with Gasteiger partial charge >= 0.3 is 6.18 Å². The van der Waals surface area contributed by atoms with Crippen LogP contribution >= 0.6 is 0 Å². The third kappa shape index (κ3) is 7.06. The summed E-state index contributed by atoms with van der Waals surface area (Å²) in [7, 11) is 1.64. The van der Waals surface area contributed by atoms with Crippen molar-refractivity contribution in [3.05, 3.63) is 119 Å². The summed E-state index contributed by atoms with van der Waals surface area (Å²) in [5.74, 6) is 0.232. The zero-order valence-corrected chi connectivity index (χ0v) is 28.8. The van der Waals surface area contributed by atoms with Gasteiger partial charge < -0.3 is 19.9 Å². The van der Waals surface area contributed by atoms with E-state index in [2.05, 4.69) is 27.2 Å². The lowest BCUT2D eigenvalue weighted by Crippen LogP contribution is -2.47. The monoisotopic (exact) mass is 696 g/mol. The maximum absolute atomic E-state index is 13.8. The second-order valence-corrected chi connectivity index (χ2v) is 13.7. The van der Waals surface area contributed by atoms with Gasteiger partial charge in [0.2, 0.25) is 5.91 Å². The predicted octanol–water partition coefficient (Wildman–Crippen LogP) is 6.83. The minimum Gasteiger partial charge on any atom is -0.497 e. The molecule has 7 nitrogen and oxygen atoms in total. The molecule has 1 fully saturated rings. The van der Waals surface area contributed by atoms with Crippen LogP contribution < -0.4 is 15.0 Å². The molecule has 0 atom stereocenters. The molecule has 0 bridgehead atoms. The number of carbonyl (C=O) groups excluding carboxylic acids is 2. The largest absolute Gasteiger partial charge is 0.497 e. The number of methoxy groups -OCH3 is 1. The Morgan fingerprint density at radius 1 is 0.824 bits per heavy atom. The third-order valence-corrected chi connectivity index (χ3v) is 10.7. The van der Waals surface area contributed by atoms with Crippen molar-refractivity contribution in [2.75, 3.05) is 57.8 Å². The van der Waals surface area contributed by atoms with Crippen LogP contribution in [0.4, 0.5) is 18.9 Å². The molecule has 51 heavy (non-hydrogen) atoms. The first-order valence-corrected chi connectivity index (χ1v) is 17.7. The molecule has 2 heterocycles. The number of hydrogen-bond acceptors (Lipinski definition) is 5. The summed E-state index contributed by atoms with van der Waals surface area (Å²) >= 11 is 0. The fourth-order valence-electron chi connectivity index (χ4n) is 8.09. The molecule has 0 radical (unpaired) electrons. The molecule has 2 aliphatic heterocycles. The quantitative estimate of drug-likeness (QED) is 0.174. The number of benzene rings is 4. The smallest absolute Gasteiger partial charge is 0.405 e. The Balaban J connectivity index is 0.967. The van der Waals surface area contributed by atoms with Gasteiger partial charge in [0.05, 0.1) is 7.11 Å². The first-order chi connectivity index (χ1) is 24.7. The van der Waals surface area contributed by atoms with Gasteiger partial charge in [0.25, 0.3) is 5.91 Å². The Morgan fingerprint density at radius 2 is 1.53 bits per heavy atom. The van der Waals surface area contributed by atoms with Gasteiger partial charge in [-0.15, -0.1) is 0 Å². The van der Waals surface area contributed by atoms with Crippen LogP contribution in [0.15, 0.2) is 91.0 Å². The Bertz CT molecular complexity index is 1860. The molecule has 10 heteroatoms. The van der Waals surface area contributed by atoms with Crippen molar-refractivity contribution >= 4 is 17.5 Å². The van der Waals surface area contributed by atoms with Crippen LogP contribution in [0.2, 0.25) is 0 Å². The van der Waals surface area contributed by atoms with Crippen LogP contribution in [0, 0.1) is 0 Å². The Labute approximate surface area is 297 Å². The maximum atomic E-state index is 13.8. The Kier molecular flexibility index (Phi) is 9.79. The van der Waals surface area contributed by atoms with Gasteiger partial charge in [0.1, 0.15) is 17.7 Å².